The Kier molecular flexibility index (Phi) is 3.70. The summed E-state index contributed by atoms with van der Waals surface area (Å²) in [5.41, 5.74) is 0.478. The van der Waals surface area contributed by atoms with Gasteiger partial charge < -0.3 is 5.32 Å². The van der Waals surface area contributed by atoms with E-state index in [1.54, 1.807) is 25.1 Å². The van der Waals surface area contributed by atoms with E-state index in [2.05, 4.69) is 10.3 Å². The lowest BCUT2D eigenvalue weighted by Crippen LogP contribution is -2.05. The zero-order valence-corrected chi connectivity index (χ0v) is 10.3. The molecule has 1 heterocycles. The van der Waals surface area contributed by atoms with E-state index in [1.807, 2.05) is 0 Å². The molecule has 1 aromatic carbocycles. The molecule has 2 rings (SSSR count). The van der Waals surface area contributed by atoms with Gasteiger partial charge in [-0.15, -0.1) is 0 Å². The molecule has 0 saturated heterocycles. The molecule has 0 amide bonds. The van der Waals surface area contributed by atoms with Gasteiger partial charge in [0.1, 0.15) is 11.5 Å². The maximum Gasteiger partial charge on any atom is 0.293 e. The summed E-state index contributed by atoms with van der Waals surface area (Å²) >= 11 is 0. The van der Waals surface area contributed by atoms with E-state index in [-0.39, 0.29) is 16.9 Å². The molecule has 0 bridgehead atoms. The highest BCUT2D eigenvalue weighted by Gasteiger charge is 2.22. The fraction of sp³-hybridized carbons (Fsp3) is 0.154. The molecule has 1 N–H and O–H groups in total. The fourth-order valence-electron chi connectivity index (χ4n) is 1.84. The van der Waals surface area contributed by atoms with Gasteiger partial charge in [0.05, 0.1) is 16.2 Å². The molecule has 5 nitrogen and oxygen atoms in total. The van der Waals surface area contributed by atoms with Gasteiger partial charge in [-0.05, 0) is 25.1 Å². The second-order valence-corrected chi connectivity index (χ2v) is 3.82. The fourth-order valence-corrected chi connectivity index (χ4v) is 1.84. The Hall–Kier alpha value is -2.50. The Balaban J connectivity index is 2.70. The Morgan fingerprint density at radius 3 is 2.74 bits per heavy atom. The highest BCUT2D eigenvalue weighted by molar-refractivity contribution is 5.83. The number of benzene rings is 1. The molecule has 0 atom stereocenters. The summed E-state index contributed by atoms with van der Waals surface area (Å²) in [5, 5.41) is 13.9. The Morgan fingerprint density at radius 2 is 2.16 bits per heavy atom. The first kappa shape index (κ1) is 12.9. The molecular formula is C13H12FN3O2. The maximum absolute atomic E-state index is 14.0. The first-order chi connectivity index (χ1) is 9.15. The SMILES string of the molecule is CCNc1c([N+](=O)[O-])ccc(F)c1-c1ccccn1. The third-order valence-corrected chi connectivity index (χ3v) is 2.60. The van der Waals surface area contributed by atoms with Crippen LogP contribution in [0, 0.1) is 15.9 Å². The molecule has 6 heteroatoms. The standard InChI is InChI=1S/C13H12FN3O2/c1-2-15-13-11(17(18)19)7-6-9(14)12(13)10-5-3-4-8-16-10/h3-8,15H,2H2,1H3. The number of nitro groups is 1. The van der Waals surface area contributed by atoms with Gasteiger partial charge in [-0.25, -0.2) is 4.39 Å². The summed E-state index contributed by atoms with van der Waals surface area (Å²) in [5.74, 6) is -0.541. The van der Waals surface area contributed by atoms with Gasteiger partial charge in [0.15, 0.2) is 0 Å². The predicted octanol–water partition coefficient (Wildman–Crippen LogP) is 3.23. The average molecular weight is 261 g/mol. The van der Waals surface area contributed by atoms with Gasteiger partial charge in [-0.1, -0.05) is 6.07 Å². The minimum absolute atomic E-state index is 0.122. The van der Waals surface area contributed by atoms with Gasteiger partial charge in [0.25, 0.3) is 5.69 Å². The largest absolute Gasteiger partial charge is 0.379 e. The third kappa shape index (κ3) is 2.52. The van der Waals surface area contributed by atoms with Crippen LogP contribution in [0.3, 0.4) is 0 Å². The molecule has 0 unspecified atom stereocenters. The second-order valence-electron chi connectivity index (χ2n) is 3.82. The number of anilines is 1. The molecule has 0 aliphatic rings. The monoisotopic (exact) mass is 261 g/mol. The number of pyridine rings is 1. The van der Waals surface area contributed by atoms with Crippen LogP contribution in [-0.4, -0.2) is 16.5 Å². The molecule has 2 aromatic rings. The summed E-state index contributed by atoms with van der Waals surface area (Å²) < 4.78 is 14.0. The molecule has 19 heavy (non-hydrogen) atoms. The summed E-state index contributed by atoms with van der Waals surface area (Å²) in [6, 6.07) is 7.26. The Bertz CT molecular complexity index is 602. The van der Waals surface area contributed by atoms with Crippen LogP contribution in [-0.2, 0) is 0 Å². The summed E-state index contributed by atoms with van der Waals surface area (Å²) in [4.78, 5) is 14.5. The molecule has 0 saturated carbocycles. The molecule has 0 radical (unpaired) electrons. The van der Waals surface area contributed by atoms with E-state index in [0.29, 0.717) is 12.2 Å². The van der Waals surface area contributed by atoms with Crippen molar-refractivity contribution < 1.29 is 9.31 Å². The van der Waals surface area contributed by atoms with Crippen LogP contribution >= 0.6 is 0 Å². The number of hydrogen-bond acceptors (Lipinski definition) is 4. The minimum Gasteiger partial charge on any atom is -0.379 e. The van der Waals surface area contributed by atoms with Crippen LogP contribution in [0.5, 0.6) is 0 Å². The maximum atomic E-state index is 14.0. The van der Waals surface area contributed by atoms with Crippen LogP contribution in [0.2, 0.25) is 0 Å². The molecular weight excluding hydrogens is 249 g/mol. The first-order valence-corrected chi connectivity index (χ1v) is 5.77. The first-order valence-electron chi connectivity index (χ1n) is 5.77. The number of nitro benzene ring substituents is 1. The van der Waals surface area contributed by atoms with Crippen molar-refractivity contribution in [2.24, 2.45) is 0 Å². The summed E-state index contributed by atoms with van der Waals surface area (Å²) in [6.45, 7) is 2.24. The molecule has 98 valence electrons. The topological polar surface area (TPSA) is 68.1 Å². The smallest absolute Gasteiger partial charge is 0.293 e. The number of aromatic nitrogens is 1. The lowest BCUT2D eigenvalue weighted by molar-refractivity contribution is -0.383. The number of rotatable bonds is 4. The van der Waals surface area contributed by atoms with Gasteiger partial charge in [-0.2, -0.15) is 0 Å². The Labute approximate surface area is 109 Å². The van der Waals surface area contributed by atoms with E-state index < -0.39 is 10.7 Å². The highest BCUT2D eigenvalue weighted by atomic mass is 19.1. The molecule has 0 aliphatic heterocycles. The van der Waals surface area contributed by atoms with Crippen LogP contribution in [0.1, 0.15) is 6.92 Å². The van der Waals surface area contributed by atoms with E-state index in [4.69, 9.17) is 0 Å². The lowest BCUT2D eigenvalue weighted by Gasteiger charge is -2.11. The van der Waals surface area contributed by atoms with Gasteiger partial charge in [0.2, 0.25) is 0 Å². The van der Waals surface area contributed by atoms with Crippen molar-refractivity contribution in [3.8, 4) is 11.3 Å². The van der Waals surface area contributed by atoms with Gasteiger partial charge in [-0.3, -0.25) is 15.1 Å². The van der Waals surface area contributed by atoms with Crippen molar-refractivity contribution in [1.29, 1.82) is 0 Å². The quantitative estimate of drug-likeness (QED) is 0.677. The van der Waals surface area contributed by atoms with Crippen LogP contribution in [0.15, 0.2) is 36.5 Å². The van der Waals surface area contributed by atoms with Crippen molar-refractivity contribution >= 4 is 11.4 Å². The van der Waals surface area contributed by atoms with Gasteiger partial charge >= 0.3 is 0 Å². The third-order valence-electron chi connectivity index (χ3n) is 2.60. The van der Waals surface area contributed by atoms with E-state index in [1.165, 1.54) is 6.20 Å². The van der Waals surface area contributed by atoms with Crippen molar-refractivity contribution in [1.82, 2.24) is 4.98 Å². The van der Waals surface area contributed by atoms with Crippen molar-refractivity contribution in [2.45, 2.75) is 6.92 Å². The minimum atomic E-state index is -0.541. The predicted molar refractivity (Wildman–Crippen MR) is 70.4 cm³/mol. The zero-order valence-electron chi connectivity index (χ0n) is 10.3. The van der Waals surface area contributed by atoms with E-state index in [9.17, 15) is 14.5 Å². The highest BCUT2D eigenvalue weighted by Crippen LogP contribution is 2.36. The summed E-state index contributed by atoms with van der Waals surface area (Å²) in [6.07, 6.45) is 1.52. The van der Waals surface area contributed by atoms with Crippen LogP contribution in [0.25, 0.3) is 11.3 Å². The molecule has 0 fully saturated rings. The normalized spacial score (nSPS) is 10.2. The average Bonchev–Trinajstić information content (AvgIpc) is 2.40. The van der Waals surface area contributed by atoms with E-state index >= 15 is 0 Å². The molecule has 0 aliphatic carbocycles. The van der Waals surface area contributed by atoms with Crippen LogP contribution < -0.4 is 5.32 Å². The van der Waals surface area contributed by atoms with Crippen molar-refractivity contribution in [3.05, 3.63) is 52.5 Å². The number of nitrogens with zero attached hydrogens (tertiary/aromatic N) is 2. The Morgan fingerprint density at radius 1 is 1.37 bits per heavy atom. The zero-order chi connectivity index (χ0) is 13.8. The van der Waals surface area contributed by atoms with E-state index in [0.717, 1.165) is 12.1 Å². The molecule has 0 spiro atoms. The van der Waals surface area contributed by atoms with Crippen LogP contribution in [0.4, 0.5) is 15.8 Å². The summed E-state index contributed by atoms with van der Waals surface area (Å²) in [7, 11) is 0. The lowest BCUT2D eigenvalue weighted by atomic mass is 10.1. The molecule has 1 aromatic heterocycles. The van der Waals surface area contributed by atoms with Crippen molar-refractivity contribution in [3.63, 3.8) is 0 Å². The van der Waals surface area contributed by atoms with Crippen molar-refractivity contribution in [2.75, 3.05) is 11.9 Å². The second kappa shape index (κ2) is 5.43. The number of halogens is 1. The van der Waals surface area contributed by atoms with Gasteiger partial charge in [0, 0.05) is 18.8 Å². The number of nitrogens with one attached hydrogen (secondary N) is 1. The number of hydrogen-bond donors (Lipinski definition) is 1.